The summed E-state index contributed by atoms with van der Waals surface area (Å²) in [6.07, 6.45) is -0.310. The molecule has 0 aromatic rings. The molecule has 0 aromatic carbocycles. The Balaban J connectivity index is 3.64. The van der Waals surface area contributed by atoms with Crippen LogP contribution in [0.4, 0.5) is 0 Å². The Morgan fingerprint density at radius 2 is 2.00 bits per heavy atom. The average Bonchev–Trinajstić information content (AvgIpc) is 2.05. The van der Waals surface area contributed by atoms with E-state index in [1.807, 2.05) is 6.92 Å². The molecule has 0 N–H and O–H groups in total. The maximum Gasteiger partial charge on any atom is 0.417 e. The van der Waals surface area contributed by atoms with Crippen molar-refractivity contribution in [2.24, 2.45) is 0 Å². The molecule has 0 spiro atoms. The molecular weight excluding hydrogens is 148 g/mol. The SMILES string of the molecule is COC(C)C(CO[C]=O)OC. The largest absolute Gasteiger partial charge is 0.454 e. The lowest BCUT2D eigenvalue weighted by atomic mass is 10.2. The van der Waals surface area contributed by atoms with Crippen molar-refractivity contribution in [3.8, 4) is 0 Å². The van der Waals surface area contributed by atoms with Crippen molar-refractivity contribution in [1.29, 1.82) is 0 Å². The highest BCUT2D eigenvalue weighted by Gasteiger charge is 2.16. The van der Waals surface area contributed by atoms with Crippen LogP contribution in [0, 0.1) is 0 Å². The van der Waals surface area contributed by atoms with Gasteiger partial charge in [-0.2, -0.15) is 0 Å². The molecule has 0 bridgehead atoms. The Bertz CT molecular complexity index is 105. The highest BCUT2D eigenvalue weighted by Crippen LogP contribution is 2.01. The molecule has 1 radical (unpaired) electrons. The summed E-state index contributed by atoms with van der Waals surface area (Å²) in [5.74, 6) is 0. The predicted molar refractivity (Wildman–Crippen MR) is 38.9 cm³/mol. The summed E-state index contributed by atoms with van der Waals surface area (Å²) in [7, 11) is 3.11. The molecule has 0 aliphatic carbocycles. The Kier molecular flexibility index (Phi) is 5.78. The van der Waals surface area contributed by atoms with Crippen molar-refractivity contribution in [2.45, 2.75) is 19.1 Å². The Morgan fingerprint density at radius 3 is 2.36 bits per heavy atom. The molecule has 0 aliphatic rings. The average molecular weight is 161 g/mol. The summed E-state index contributed by atoms with van der Waals surface area (Å²) < 4.78 is 14.3. The fraction of sp³-hybridized carbons (Fsp3) is 0.857. The highest BCUT2D eigenvalue weighted by molar-refractivity contribution is 5.38. The third-order valence-corrected chi connectivity index (χ3v) is 1.50. The molecule has 0 rings (SSSR count). The van der Waals surface area contributed by atoms with Crippen molar-refractivity contribution >= 4 is 6.47 Å². The minimum absolute atomic E-state index is 0.0895. The van der Waals surface area contributed by atoms with E-state index in [1.54, 1.807) is 7.11 Å². The van der Waals surface area contributed by atoms with E-state index >= 15 is 0 Å². The van der Waals surface area contributed by atoms with Crippen LogP contribution in [0.3, 0.4) is 0 Å². The Labute approximate surface area is 66.4 Å². The van der Waals surface area contributed by atoms with Crippen LogP contribution >= 0.6 is 0 Å². The minimum Gasteiger partial charge on any atom is -0.454 e. The first-order chi connectivity index (χ1) is 5.26. The highest BCUT2D eigenvalue weighted by atomic mass is 16.6. The van der Waals surface area contributed by atoms with Gasteiger partial charge in [0.05, 0.1) is 6.10 Å². The van der Waals surface area contributed by atoms with Gasteiger partial charge in [-0.05, 0) is 6.92 Å². The third-order valence-electron chi connectivity index (χ3n) is 1.50. The lowest BCUT2D eigenvalue weighted by Crippen LogP contribution is -2.31. The normalized spacial score (nSPS) is 15.5. The van der Waals surface area contributed by atoms with Crippen LogP contribution in [0.15, 0.2) is 0 Å². The topological polar surface area (TPSA) is 44.8 Å². The van der Waals surface area contributed by atoms with E-state index in [9.17, 15) is 4.79 Å². The van der Waals surface area contributed by atoms with Crippen molar-refractivity contribution < 1.29 is 19.0 Å². The van der Waals surface area contributed by atoms with E-state index in [-0.39, 0.29) is 18.8 Å². The van der Waals surface area contributed by atoms with Gasteiger partial charge in [0.2, 0.25) is 0 Å². The van der Waals surface area contributed by atoms with Crippen LogP contribution in [0.1, 0.15) is 6.92 Å². The first-order valence-electron chi connectivity index (χ1n) is 3.30. The van der Waals surface area contributed by atoms with E-state index < -0.39 is 0 Å². The zero-order valence-electron chi connectivity index (χ0n) is 6.99. The van der Waals surface area contributed by atoms with Gasteiger partial charge in [0.15, 0.2) is 0 Å². The fourth-order valence-electron chi connectivity index (χ4n) is 0.663. The number of carbonyl (C=O) groups excluding carboxylic acids is 1. The molecule has 0 heterocycles. The third kappa shape index (κ3) is 3.95. The fourth-order valence-corrected chi connectivity index (χ4v) is 0.663. The van der Waals surface area contributed by atoms with Gasteiger partial charge in [0.1, 0.15) is 12.7 Å². The number of methoxy groups -OCH3 is 2. The molecule has 0 amide bonds. The molecule has 0 saturated carbocycles. The van der Waals surface area contributed by atoms with Crippen molar-refractivity contribution in [1.82, 2.24) is 0 Å². The van der Waals surface area contributed by atoms with Gasteiger partial charge in [-0.1, -0.05) is 0 Å². The van der Waals surface area contributed by atoms with Crippen LogP contribution in [0.2, 0.25) is 0 Å². The van der Waals surface area contributed by atoms with E-state index in [0.29, 0.717) is 0 Å². The number of ether oxygens (including phenoxy) is 3. The molecule has 4 heteroatoms. The summed E-state index contributed by atoms with van der Waals surface area (Å²) >= 11 is 0. The predicted octanol–water partition coefficient (Wildman–Crippen LogP) is 0.120. The maximum atomic E-state index is 9.69. The zero-order valence-corrected chi connectivity index (χ0v) is 6.99. The van der Waals surface area contributed by atoms with Gasteiger partial charge >= 0.3 is 6.47 Å². The first-order valence-corrected chi connectivity index (χ1v) is 3.30. The van der Waals surface area contributed by atoms with E-state index in [4.69, 9.17) is 9.47 Å². The molecule has 65 valence electrons. The van der Waals surface area contributed by atoms with Gasteiger partial charge in [-0.25, -0.2) is 4.79 Å². The second kappa shape index (κ2) is 6.12. The second-order valence-corrected chi connectivity index (χ2v) is 2.11. The molecule has 0 aromatic heterocycles. The van der Waals surface area contributed by atoms with Gasteiger partial charge in [0, 0.05) is 14.2 Å². The Morgan fingerprint density at radius 1 is 1.36 bits per heavy atom. The van der Waals surface area contributed by atoms with Gasteiger partial charge in [0.25, 0.3) is 0 Å². The van der Waals surface area contributed by atoms with Crippen molar-refractivity contribution in [3.63, 3.8) is 0 Å². The lowest BCUT2D eigenvalue weighted by molar-refractivity contribution is -0.0487. The molecule has 0 aliphatic heterocycles. The van der Waals surface area contributed by atoms with Crippen molar-refractivity contribution in [3.05, 3.63) is 0 Å². The van der Waals surface area contributed by atoms with Crippen molar-refractivity contribution in [2.75, 3.05) is 20.8 Å². The first kappa shape index (κ1) is 10.4. The summed E-state index contributed by atoms with van der Waals surface area (Å²) in [6.45, 7) is 3.34. The minimum atomic E-state index is -0.221. The van der Waals surface area contributed by atoms with E-state index in [0.717, 1.165) is 0 Å². The van der Waals surface area contributed by atoms with Crippen LogP contribution in [-0.4, -0.2) is 39.5 Å². The summed E-state index contributed by atoms with van der Waals surface area (Å²) in [5.41, 5.74) is 0. The van der Waals surface area contributed by atoms with Crippen LogP contribution < -0.4 is 0 Å². The standard InChI is InChI=1S/C7H13O4/c1-6(9-2)7(10-3)4-11-5-8/h6-7H,4H2,1-3H3. The lowest BCUT2D eigenvalue weighted by Gasteiger charge is -2.19. The molecule has 2 atom stereocenters. The smallest absolute Gasteiger partial charge is 0.417 e. The number of hydrogen-bond donors (Lipinski definition) is 0. The molecule has 11 heavy (non-hydrogen) atoms. The van der Waals surface area contributed by atoms with Gasteiger partial charge in [-0.15, -0.1) is 0 Å². The molecular formula is C7H13O4. The van der Waals surface area contributed by atoms with Crippen LogP contribution in [0.5, 0.6) is 0 Å². The number of hydrogen-bond acceptors (Lipinski definition) is 4. The maximum absolute atomic E-state index is 9.69. The van der Waals surface area contributed by atoms with Gasteiger partial charge < -0.3 is 14.2 Å². The molecule has 2 unspecified atom stereocenters. The molecule has 4 nitrogen and oxygen atoms in total. The van der Waals surface area contributed by atoms with E-state index in [1.165, 1.54) is 13.6 Å². The second-order valence-electron chi connectivity index (χ2n) is 2.11. The molecule has 0 saturated heterocycles. The van der Waals surface area contributed by atoms with Crippen LogP contribution in [-0.2, 0) is 19.0 Å². The number of rotatable bonds is 6. The summed E-state index contributed by atoms with van der Waals surface area (Å²) in [5, 5.41) is 0. The summed E-state index contributed by atoms with van der Waals surface area (Å²) in [6, 6.07) is 0. The molecule has 0 fully saturated rings. The monoisotopic (exact) mass is 161 g/mol. The van der Waals surface area contributed by atoms with Gasteiger partial charge in [-0.3, -0.25) is 0 Å². The zero-order chi connectivity index (χ0) is 8.69. The quantitative estimate of drug-likeness (QED) is 0.555. The van der Waals surface area contributed by atoms with E-state index in [2.05, 4.69) is 4.74 Å². The summed E-state index contributed by atoms with van der Waals surface area (Å²) in [4.78, 5) is 9.69. The van der Waals surface area contributed by atoms with Crippen LogP contribution in [0.25, 0.3) is 0 Å². The Hall–Kier alpha value is -0.610.